The molecule has 1 aliphatic heterocycles. The fourth-order valence-corrected chi connectivity index (χ4v) is 2.24. The van der Waals surface area contributed by atoms with Crippen LogP contribution in [0.5, 0.6) is 0 Å². The summed E-state index contributed by atoms with van der Waals surface area (Å²) in [6.07, 6.45) is 0.513. The van der Waals surface area contributed by atoms with Crippen LogP contribution in [0.25, 0.3) is 0 Å². The van der Waals surface area contributed by atoms with Crippen LogP contribution in [-0.4, -0.2) is 34.8 Å². The predicted octanol–water partition coefficient (Wildman–Crippen LogP) is 1.76. The average Bonchev–Trinajstić information content (AvgIpc) is 2.34. The van der Waals surface area contributed by atoms with E-state index in [1.807, 2.05) is 0 Å². The third-order valence-electron chi connectivity index (χ3n) is 3.21. The lowest BCUT2D eigenvalue weighted by molar-refractivity contribution is -0.145. The Kier molecular flexibility index (Phi) is 3.90. The van der Waals surface area contributed by atoms with Crippen molar-refractivity contribution in [3.63, 3.8) is 0 Å². The third kappa shape index (κ3) is 2.96. The highest BCUT2D eigenvalue weighted by atomic mass is 19.1. The van der Waals surface area contributed by atoms with Gasteiger partial charge in [0.25, 0.3) is 0 Å². The Balaban J connectivity index is 2.29. The summed E-state index contributed by atoms with van der Waals surface area (Å²) in [7, 11) is 0. The molecule has 1 fully saturated rings. The van der Waals surface area contributed by atoms with E-state index >= 15 is 0 Å². The summed E-state index contributed by atoms with van der Waals surface area (Å²) in [4.78, 5) is 24.0. The van der Waals surface area contributed by atoms with Gasteiger partial charge in [-0.2, -0.15) is 0 Å². The topological polar surface area (TPSA) is 57.6 Å². The number of likely N-dealkylation sites (tertiary alicyclic amines) is 1. The number of halogens is 2. The van der Waals surface area contributed by atoms with Crippen LogP contribution < -0.4 is 0 Å². The predicted molar refractivity (Wildman–Crippen MR) is 62.5 cm³/mol. The van der Waals surface area contributed by atoms with Gasteiger partial charge in [-0.15, -0.1) is 0 Å². The van der Waals surface area contributed by atoms with Gasteiger partial charge in [-0.3, -0.25) is 14.5 Å². The fraction of sp³-hybridized carbons (Fsp3) is 0.385. The number of piperidine rings is 1. The first-order valence-electron chi connectivity index (χ1n) is 5.92. The lowest BCUT2D eigenvalue weighted by Gasteiger charge is -2.31. The van der Waals surface area contributed by atoms with E-state index in [2.05, 4.69) is 0 Å². The molecule has 0 amide bonds. The molecule has 0 saturated carbocycles. The molecule has 1 heterocycles. The van der Waals surface area contributed by atoms with E-state index in [4.69, 9.17) is 0 Å². The molecule has 1 aromatic carbocycles. The second-order valence-electron chi connectivity index (χ2n) is 4.48. The number of ketones is 1. The Bertz CT molecular complexity index is 509. The second-order valence-corrected chi connectivity index (χ2v) is 4.48. The summed E-state index contributed by atoms with van der Waals surface area (Å²) in [5.41, 5.74) is -0.0803. The Hall–Kier alpha value is -1.82. The zero-order chi connectivity index (χ0) is 14.0. The van der Waals surface area contributed by atoms with Gasteiger partial charge in [0.1, 0.15) is 23.5 Å². The minimum atomic E-state index is -1.21. The summed E-state index contributed by atoms with van der Waals surface area (Å²) in [5.74, 6) is -2.77. The van der Waals surface area contributed by atoms with Crippen molar-refractivity contribution in [1.29, 1.82) is 0 Å². The van der Waals surface area contributed by atoms with Gasteiger partial charge < -0.3 is 5.11 Å². The monoisotopic (exact) mass is 269 g/mol. The summed E-state index contributed by atoms with van der Waals surface area (Å²) >= 11 is 0. The number of carboxylic acids is 1. The molecule has 1 unspecified atom stereocenters. The molecule has 19 heavy (non-hydrogen) atoms. The van der Waals surface area contributed by atoms with Gasteiger partial charge in [-0.05, 0) is 6.07 Å². The zero-order valence-electron chi connectivity index (χ0n) is 10.1. The number of hydrogen-bond acceptors (Lipinski definition) is 3. The van der Waals surface area contributed by atoms with Gasteiger partial charge in [-0.1, -0.05) is 6.07 Å². The van der Waals surface area contributed by atoms with Crippen molar-refractivity contribution >= 4 is 11.8 Å². The van der Waals surface area contributed by atoms with Gasteiger partial charge in [0.2, 0.25) is 0 Å². The number of carboxylic acid groups (broad SMARTS) is 1. The molecule has 1 saturated heterocycles. The molecule has 1 N–H and O–H groups in total. The molecule has 1 aromatic rings. The van der Waals surface area contributed by atoms with Gasteiger partial charge in [0.05, 0.1) is 0 Å². The lowest BCUT2D eigenvalue weighted by atomic mass is 10.0. The summed E-state index contributed by atoms with van der Waals surface area (Å²) < 4.78 is 26.6. The van der Waals surface area contributed by atoms with Crippen molar-refractivity contribution in [1.82, 2.24) is 4.90 Å². The van der Waals surface area contributed by atoms with E-state index in [1.54, 1.807) is 0 Å². The molecule has 2 rings (SSSR count). The van der Waals surface area contributed by atoms with Gasteiger partial charge >= 0.3 is 5.97 Å². The minimum absolute atomic E-state index is 0.0694. The molecule has 4 nitrogen and oxygen atoms in total. The van der Waals surface area contributed by atoms with E-state index in [1.165, 1.54) is 4.90 Å². The number of aliphatic carboxylic acids is 1. The molecule has 1 atom stereocenters. The highest BCUT2D eigenvalue weighted by Gasteiger charge is 2.32. The largest absolute Gasteiger partial charge is 0.480 e. The van der Waals surface area contributed by atoms with Crippen LogP contribution in [0.15, 0.2) is 18.2 Å². The minimum Gasteiger partial charge on any atom is -0.480 e. The first-order valence-corrected chi connectivity index (χ1v) is 5.92. The number of hydrogen-bond donors (Lipinski definition) is 1. The number of Topliss-reactive ketones (excluding diaryl/α,β-unsaturated/α-hetero) is 1. The average molecular weight is 269 g/mol. The summed E-state index contributed by atoms with van der Waals surface area (Å²) in [6.45, 7) is 0.541. The number of nitrogens with zero attached hydrogens (tertiary/aromatic N) is 1. The van der Waals surface area contributed by atoms with Crippen molar-refractivity contribution in [3.05, 3.63) is 35.4 Å². The van der Waals surface area contributed by atoms with Crippen molar-refractivity contribution < 1.29 is 23.5 Å². The van der Waals surface area contributed by atoms with Crippen molar-refractivity contribution in [2.45, 2.75) is 18.9 Å². The maximum atomic E-state index is 13.7. The Morgan fingerprint density at radius 3 is 2.42 bits per heavy atom. The van der Waals surface area contributed by atoms with Crippen LogP contribution in [0.2, 0.25) is 0 Å². The molecule has 0 aromatic heterocycles. The van der Waals surface area contributed by atoms with Gasteiger partial charge in [0.15, 0.2) is 0 Å². The van der Waals surface area contributed by atoms with E-state index < -0.39 is 23.6 Å². The summed E-state index contributed by atoms with van der Waals surface area (Å²) in [6, 6.07) is 1.65. The molecular formula is C13H13F2NO3. The summed E-state index contributed by atoms with van der Waals surface area (Å²) in [5, 5.41) is 9.25. The van der Waals surface area contributed by atoms with E-state index in [9.17, 15) is 23.5 Å². The Labute approximate surface area is 108 Å². The second kappa shape index (κ2) is 5.44. The third-order valence-corrected chi connectivity index (χ3v) is 3.21. The number of benzene rings is 1. The highest BCUT2D eigenvalue weighted by molar-refractivity contribution is 5.80. The quantitative estimate of drug-likeness (QED) is 0.908. The van der Waals surface area contributed by atoms with Crippen LogP contribution in [0.3, 0.4) is 0 Å². The normalized spacial score (nSPS) is 18.3. The van der Waals surface area contributed by atoms with Crippen LogP contribution >= 0.6 is 0 Å². The lowest BCUT2D eigenvalue weighted by Crippen LogP contribution is -2.40. The standard InChI is InChI=1S/C13H13F2NO3/c14-8-1-2-10(11(15)7-8)12(13(18)19)16-5-3-9(17)4-6-16/h1-2,7,12H,3-6H2,(H,18,19). The first-order chi connectivity index (χ1) is 8.99. The maximum absolute atomic E-state index is 13.7. The van der Waals surface area contributed by atoms with Crippen LogP contribution in [0, 0.1) is 11.6 Å². The molecule has 0 radical (unpaired) electrons. The highest BCUT2D eigenvalue weighted by Crippen LogP contribution is 2.26. The maximum Gasteiger partial charge on any atom is 0.325 e. The molecule has 102 valence electrons. The van der Waals surface area contributed by atoms with Crippen LogP contribution in [-0.2, 0) is 9.59 Å². The van der Waals surface area contributed by atoms with E-state index in [0.717, 1.165) is 12.1 Å². The molecule has 0 spiro atoms. The van der Waals surface area contributed by atoms with Crippen LogP contribution in [0.4, 0.5) is 8.78 Å². The van der Waals surface area contributed by atoms with Gasteiger partial charge in [-0.25, -0.2) is 8.78 Å². The molecular weight excluding hydrogens is 256 g/mol. The number of rotatable bonds is 3. The van der Waals surface area contributed by atoms with Gasteiger partial charge in [0, 0.05) is 37.6 Å². The fourth-order valence-electron chi connectivity index (χ4n) is 2.24. The van der Waals surface area contributed by atoms with Crippen molar-refractivity contribution in [3.8, 4) is 0 Å². The Morgan fingerprint density at radius 1 is 1.26 bits per heavy atom. The zero-order valence-corrected chi connectivity index (χ0v) is 10.1. The molecule has 0 aliphatic carbocycles. The molecule has 6 heteroatoms. The molecule has 1 aliphatic rings. The van der Waals surface area contributed by atoms with E-state index in [-0.39, 0.29) is 37.3 Å². The first kappa shape index (κ1) is 13.6. The van der Waals surface area contributed by atoms with E-state index in [0.29, 0.717) is 6.07 Å². The van der Waals surface area contributed by atoms with Crippen molar-refractivity contribution in [2.75, 3.05) is 13.1 Å². The van der Waals surface area contributed by atoms with Crippen molar-refractivity contribution in [2.24, 2.45) is 0 Å². The number of carbonyl (C=O) groups excluding carboxylic acids is 1. The Morgan fingerprint density at radius 2 is 1.89 bits per heavy atom. The van der Waals surface area contributed by atoms with Crippen LogP contribution in [0.1, 0.15) is 24.4 Å². The SMILES string of the molecule is O=C1CCN(C(C(=O)O)c2ccc(F)cc2F)CC1. The molecule has 0 bridgehead atoms. The smallest absolute Gasteiger partial charge is 0.325 e. The number of carbonyl (C=O) groups is 2.